The van der Waals surface area contributed by atoms with Gasteiger partial charge in [0.25, 0.3) is 0 Å². The molecule has 1 aliphatic rings. The fourth-order valence-electron chi connectivity index (χ4n) is 2.78. The number of ether oxygens (including phenoxy) is 1. The van der Waals surface area contributed by atoms with E-state index in [0.717, 1.165) is 53.2 Å². The monoisotopic (exact) mass is 327 g/mol. The van der Waals surface area contributed by atoms with E-state index in [4.69, 9.17) is 21.7 Å². The Balaban J connectivity index is 2.15. The number of hydrogen-bond donors (Lipinski definition) is 2. The molecule has 2 N–H and O–H groups in total. The lowest BCUT2D eigenvalue weighted by molar-refractivity contribution is 0.416. The molecule has 2 aromatic rings. The van der Waals surface area contributed by atoms with Gasteiger partial charge in [0.2, 0.25) is 0 Å². The Hall–Kier alpha value is -2.33. The fourth-order valence-corrected chi connectivity index (χ4v) is 2.96. The standard InChI is InChI=1S/C18H18ClN3O/c1-23-18-5-4-13(19)10-14(18)12-9-15-16(22-11-12)3-2-8-21-17(15)6-7-20/h4-7,9-11,20-21H,2-3,8H2,1H3/b17-6-,20-7?. The number of halogens is 1. The predicted octanol–water partition coefficient (Wildman–Crippen LogP) is 3.94. The SMILES string of the molecule is COc1ccc(Cl)cc1-c1cnc2c(c1)/C(=C/C=N)NCCC2. The van der Waals surface area contributed by atoms with Crippen molar-refractivity contribution in [2.45, 2.75) is 12.8 Å². The van der Waals surface area contributed by atoms with Crippen LogP contribution in [0, 0.1) is 5.41 Å². The molecule has 118 valence electrons. The van der Waals surface area contributed by atoms with Crippen LogP contribution in [0.25, 0.3) is 16.8 Å². The van der Waals surface area contributed by atoms with Crippen LogP contribution in [0.5, 0.6) is 5.75 Å². The zero-order valence-corrected chi connectivity index (χ0v) is 13.7. The second-order valence-corrected chi connectivity index (χ2v) is 5.78. The van der Waals surface area contributed by atoms with Crippen molar-refractivity contribution in [2.24, 2.45) is 0 Å². The normalized spacial score (nSPS) is 15.5. The number of rotatable bonds is 3. The smallest absolute Gasteiger partial charge is 0.126 e. The molecule has 0 spiro atoms. The van der Waals surface area contributed by atoms with Gasteiger partial charge in [0.15, 0.2) is 0 Å². The van der Waals surface area contributed by atoms with E-state index < -0.39 is 0 Å². The first-order valence-electron chi connectivity index (χ1n) is 7.51. The molecule has 2 heterocycles. The summed E-state index contributed by atoms with van der Waals surface area (Å²) in [4.78, 5) is 4.64. The maximum Gasteiger partial charge on any atom is 0.126 e. The van der Waals surface area contributed by atoms with Gasteiger partial charge in [-0.1, -0.05) is 11.6 Å². The first-order valence-corrected chi connectivity index (χ1v) is 7.88. The Labute approximate surface area is 140 Å². The summed E-state index contributed by atoms with van der Waals surface area (Å²) in [6, 6.07) is 7.64. The highest BCUT2D eigenvalue weighted by Crippen LogP contribution is 2.34. The van der Waals surface area contributed by atoms with Crippen LogP contribution in [-0.2, 0) is 6.42 Å². The van der Waals surface area contributed by atoms with Crippen molar-refractivity contribution in [2.75, 3.05) is 13.7 Å². The van der Waals surface area contributed by atoms with Crippen LogP contribution in [-0.4, -0.2) is 24.9 Å². The molecule has 5 heteroatoms. The maximum absolute atomic E-state index is 7.36. The van der Waals surface area contributed by atoms with Crippen molar-refractivity contribution >= 4 is 23.5 Å². The van der Waals surface area contributed by atoms with Crippen molar-refractivity contribution in [3.05, 3.63) is 52.8 Å². The Morgan fingerprint density at radius 3 is 2.96 bits per heavy atom. The summed E-state index contributed by atoms with van der Waals surface area (Å²) in [5.74, 6) is 0.760. The number of benzene rings is 1. The van der Waals surface area contributed by atoms with E-state index in [9.17, 15) is 0 Å². The third kappa shape index (κ3) is 3.22. The second kappa shape index (κ2) is 6.84. The van der Waals surface area contributed by atoms with Crippen LogP contribution in [0.2, 0.25) is 5.02 Å². The Bertz CT molecular complexity index is 771. The van der Waals surface area contributed by atoms with Crippen LogP contribution >= 0.6 is 11.6 Å². The molecule has 0 amide bonds. The minimum Gasteiger partial charge on any atom is -0.496 e. The van der Waals surface area contributed by atoms with Crippen molar-refractivity contribution in [3.63, 3.8) is 0 Å². The highest BCUT2D eigenvalue weighted by Gasteiger charge is 2.16. The zero-order chi connectivity index (χ0) is 16.2. The van der Waals surface area contributed by atoms with Gasteiger partial charge in [-0.25, -0.2) is 0 Å². The molecule has 3 rings (SSSR count). The van der Waals surface area contributed by atoms with Crippen molar-refractivity contribution < 1.29 is 4.74 Å². The van der Waals surface area contributed by atoms with E-state index in [1.165, 1.54) is 6.21 Å². The van der Waals surface area contributed by atoms with Gasteiger partial charge in [0.1, 0.15) is 5.75 Å². The minimum atomic E-state index is 0.657. The summed E-state index contributed by atoms with van der Waals surface area (Å²) in [6.45, 7) is 0.881. The Morgan fingerprint density at radius 1 is 1.30 bits per heavy atom. The summed E-state index contributed by atoms with van der Waals surface area (Å²) in [5.41, 5.74) is 4.87. The summed E-state index contributed by atoms with van der Waals surface area (Å²) >= 11 is 6.14. The number of nitrogens with one attached hydrogen (secondary N) is 2. The molecule has 1 aromatic heterocycles. The molecule has 0 saturated heterocycles. The Kier molecular flexibility index (Phi) is 4.63. The molecule has 0 bridgehead atoms. The van der Waals surface area contributed by atoms with Gasteiger partial charge in [0, 0.05) is 52.1 Å². The molecule has 0 atom stereocenters. The summed E-state index contributed by atoms with van der Waals surface area (Å²) in [5, 5.41) is 11.4. The topological polar surface area (TPSA) is 58.0 Å². The number of methoxy groups -OCH3 is 1. The molecule has 0 radical (unpaired) electrons. The number of hydrogen-bond acceptors (Lipinski definition) is 4. The van der Waals surface area contributed by atoms with E-state index in [0.29, 0.717) is 5.02 Å². The third-order valence-electron chi connectivity index (χ3n) is 3.89. The van der Waals surface area contributed by atoms with E-state index in [1.54, 1.807) is 13.2 Å². The average Bonchev–Trinajstić information content (AvgIpc) is 2.77. The van der Waals surface area contributed by atoms with E-state index in [-0.39, 0.29) is 0 Å². The number of aryl methyl sites for hydroxylation is 1. The van der Waals surface area contributed by atoms with E-state index in [1.807, 2.05) is 24.4 Å². The van der Waals surface area contributed by atoms with Gasteiger partial charge in [-0.3, -0.25) is 4.98 Å². The molecule has 0 fully saturated rings. The largest absolute Gasteiger partial charge is 0.496 e. The second-order valence-electron chi connectivity index (χ2n) is 5.34. The van der Waals surface area contributed by atoms with Crippen LogP contribution in [0.3, 0.4) is 0 Å². The van der Waals surface area contributed by atoms with E-state index >= 15 is 0 Å². The number of allylic oxidation sites excluding steroid dienone is 1. The number of fused-ring (bicyclic) bond motifs is 1. The first-order chi connectivity index (χ1) is 11.2. The lowest BCUT2D eigenvalue weighted by Crippen LogP contribution is -2.11. The molecular weight excluding hydrogens is 310 g/mol. The van der Waals surface area contributed by atoms with Crippen molar-refractivity contribution in [1.82, 2.24) is 10.3 Å². The molecule has 0 unspecified atom stereocenters. The molecule has 0 saturated carbocycles. The van der Waals surface area contributed by atoms with Gasteiger partial charge in [-0.15, -0.1) is 0 Å². The summed E-state index contributed by atoms with van der Waals surface area (Å²) in [7, 11) is 1.64. The van der Waals surface area contributed by atoms with Gasteiger partial charge in [-0.2, -0.15) is 0 Å². The lowest BCUT2D eigenvalue weighted by atomic mass is 10.0. The molecule has 0 aliphatic carbocycles. The van der Waals surface area contributed by atoms with Gasteiger partial charge >= 0.3 is 0 Å². The van der Waals surface area contributed by atoms with Crippen LogP contribution < -0.4 is 10.1 Å². The highest BCUT2D eigenvalue weighted by molar-refractivity contribution is 6.31. The van der Waals surface area contributed by atoms with Crippen LogP contribution in [0.15, 0.2) is 36.5 Å². The molecule has 23 heavy (non-hydrogen) atoms. The van der Waals surface area contributed by atoms with Gasteiger partial charge < -0.3 is 15.5 Å². The van der Waals surface area contributed by atoms with Gasteiger partial charge in [-0.05, 0) is 43.2 Å². The fraction of sp³-hybridized carbons (Fsp3) is 0.222. The number of aromatic nitrogens is 1. The quantitative estimate of drug-likeness (QED) is 0.840. The van der Waals surface area contributed by atoms with E-state index in [2.05, 4.69) is 16.4 Å². The van der Waals surface area contributed by atoms with Crippen molar-refractivity contribution in [1.29, 1.82) is 5.41 Å². The Morgan fingerprint density at radius 2 is 2.17 bits per heavy atom. The molecule has 4 nitrogen and oxygen atoms in total. The highest BCUT2D eigenvalue weighted by atomic mass is 35.5. The van der Waals surface area contributed by atoms with Crippen LogP contribution in [0.4, 0.5) is 0 Å². The van der Waals surface area contributed by atoms with Gasteiger partial charge in [0.05, 0.1) is 7.11 Å². The predicted molar refractivity (Wildman–Crippen MR) is 94.3 cm³/mol. The first kappa shape index (κ1) is 15.6. The summed E-state index contributed by atoms with van der Waals surface area (Å²) < 4.78 is 5.45. The summed E-state index contributed by atoms with van der Waals surface area (Å²) in [6.07, 6.45) is 6.87. The average molecular weight is 328 g/mol. The molecular formula is C18H18ClN3O. The third-order valence-corrected chi connectivity index (χ3v) is 4.12. The molecule has 1 aliphatic heterocycles. The molecule has 1 aromatic carbocycles. The minimum absolute atomic E-state index is 0.657. The number of nitrogens with zero attached hydrogens (tertiary/aromatic N) is 1. The maximum atomic E-state index is 7.36. The van der Waals surface area contributed by atoms with Crippen molar-refractivity contribution in [3.8, 4) is 16.9 Å². The van der Waals surface area contributed by atoms with Crippen LogP contribution in [0.1, 0.15) is 17.7 Å². The number of pyridine rings is 1. The lowest BCUT2D eigenvalue weighted by Gasteiger charge is -2.13. The zero-order valence-electron chi connectivity index (χ0n) is 12.9.